The molecule has 0 fully saturated rings. The van der Waals surface area contributed by atoms with Gasteiger partial charge >= 0.3 is 0 Å². The van der Waals surface area contributed by atoms with E-state index >= 15 is 0 Å². The fourth-order valence-corrected chi connectivity index (χ4v) is 5.08. The summed E-state index contributed by atoms with van der Waals surface area (Å²) in [6.07, 6.45) is 3.77. The van der Waals surface area contributed by atoms with Gasteiger partial charge in [0.25, 0.3) is 0 Å². The summed E-state index contributed by atoms with van der Waals surface area (Å²) in [4.78, 5) is 0. The van der Waals surface area contributed by atoms with E-state index in [1.54, 1.807) is 16.4 Å². The van der Waals surface area contributed by atoms with Crippen molar-refractivity contribution in [3.63, 3.8) is 0 Å². The zero-order valence-corrected chi connectivity index (χ0v) is 20.5. The first-order chi connectivity index (χ1) is 11.3. The van der Waals surface area contributed by atoms with E-state index in [-0.39, 0.29) is 16.2 Å². The van der Waals surface area contributed by atoms with Crippen molar-refractivity contribution in [1.29, 1.82) is 0 Å². The summed E-state index contributed by atoms with van der Waals surface area (Å²) >= 11 is 3.54. The van der Waals surface area contributed by atoms with Crippen LogP contribution in [-0.4, -0.2) is 11.1 Å². The highest BCUT2D eigenvalue weighted by atomic mass is 79.9. The van der Waals surface area contributed by atoms with Gasteiger partial charge < -0.3 is 0 Å². The van der Waals surface area contributed by atoms with Gasteiger partial charge in [-0.25, -0.2) is 0 Å². The Kier molecular flexibility index (Phi) is 7.98. The second-order valence-electron chi connectivity index (χ2n) is 10.2. The summed E-state index contributed by atoms with van der Waals surface area (Å²) in [6, 6.07) is 4.98. The predicted octanol–water partition coefficient (Wildman–Crippen LogP) is 7.25. The molecule has 0 heterocycles. The summed E-state index contributed by atoms with van der Waals surface area (Å²) in [5.74, 6) is 2.53. The van der Waals surface area contributed by atoms with Gasteiger partial charge in [-0.1, -0.05) is 90.4 Å². The standard InChI is InChI=1S/C23H38BrP/c1-21(2,3)17-15-18(22(4,5)6)20(19(16-17)23(7,8)9)25-14-12-10-11-13-24/h14-16H,10-13H2,1-9H3/p+1. The Morgan fingerprint density at radius 1 is 0.800 bits per heavy atom. The van der Waals surface area contributed by atoms with Crippen LogP contribution in [0.3, 0.4) is 0 Å². The molecule has 142 valence electrons. The third-order valence-corrected chi connectivity index (χ3v) is 6.48. The largest absolute Gasteiger partial charge is 0.153 e. The average Bonchev–Trinajstić information content (AvgIpc) is 2.43. The molecule has 0 spiro atoms. The maximum atomic E-state index is 3.54. The van der Waals surface area contributed by atoms with Crippen LogP contribution in [0.2, 0.25) is 0 Å². The zero-order chi connectivity index (χ0) is 19.5. The highest BCUT2D eigenvalue weighted by Gasteiger charge is 2.31. The van der Waals surface area contributed by atoms with E-state index in [9.17, 15) is 0 Å². The van der Waals surface area contributed by atoms with Crippen LogP contribution in [0, 0.1) is 0 Å². The van der Waals surface area contributed by atoms with Gasteiger partial charge in [-0.2, -0.15) is 0 Å². The molecule has 0 radical (unpaired) electrons. The second kappa shape index (κ2) is 8.71. The van der Waals surface area contributed by atoms with Gasteiger partial charge in [0, 0.05) is 22.9 Å². The van der Waals surface area contributed by atoms with E-state index in [4.69, 9.17) is 0 Å². The highest BCUT2D eigenvalue weighted by Crippen LogP contribution is 2.35. The van der Waals surface area contributed by atoms with E-state index in [0.29, 0.717) is 0 Å². The molecule has 0 N–H and O–H groups in total. The van der Waals surface area contributed by atoms with Crippen LogP contribution in [0.1, 0.15) is 98.3 Å². The van der Waals surface area contributed by atoms with Gasteiger partial charge in [-0.15, -0.1) is 0 Å². The molecular formula is C23H39BrP+. The molecule has 0 saturated heterocycles. The summed E-state index contributed by atoms with van der Waals surface area (Å²) in [7, 11) is 0.800. The molecule has 0 aliphatic rings. The van der Waals surface area contributed by atoms with E-state index < -0.39 is 0 Å². The summed E-state index contributed by atoms with van der Waals surface area (Å²) < 4.78 is 0. The molecule has 1 atom stereocenters. The molecule has 1 aromatic rings. The van der Waals surface area contributed by atoms with Gasteiger partial charge in [-0.3, -0.25) is 0 Å². The topological polar surface area (TPSA) is 0 Å². The molecule has 2 heteroatoms. The number of rotatable bonds is 5. The Hall–Kier alpha value is -0.130. The minimum Gasteiger partial charge on any atom is -0.0928 e. The monoisotopic (exact) mass is 425 g/mol. The van der Waals surface area contributed by atoms with Crippen molar-refractivity contribution in [2.45, 2.75) is 97.8 Å². The molecule has 1 unspecified atom stereocenters. The molecule has 0 aromatic heterocycles. The lowest BCUT2D eigenvalue weighted by Crippen LogP contribution is -2.29. The van der Waals surface area contributed by atoms with E-state index in [2.05, 4.69) is 96.2 Å². The first-order valence-electron chi connectivity index (χ1n) is 9.62. The highest BCUT2D eigenvalue weighted by molar-refractivity contribution is 9.09. The Labute approximate surface area is 167 Å². The smallest absolute Gasteiger partial charge is 0.0928 e. The normalized spacial score (nSPS) is 13.7. The number of alkyl halides is 1. The van der Waals surface area contributed by atoms with Crippen molar-refractivity contribution in [2.24, 2.45) is 0 Å². The molecule has 0 nitrogen and oxygen atoms in total. The fourth-order valence-electron chi connectivity index (χ4n) is 2.93. The van der Waals surface area contributed by atoms with Gasteiger partial charge in [-0.05, 0) is 34.7 Å². The van der Waals surface area contributed by atoms with Crippen LogP contribution in [0.5, 0.6) is 0 Å². The van der Waals surface area contributed by atoms with Crippen molar-refractivity contribution >= 4 is 35.2 Å². The minimum atomic E-state index is 0.174. The maximum Gasteiger partial charge on any atom is 0.153 e. The van der Waals surface area contributed by atoms with Gasteiger partial charge in [0.2, 0.25) is 0 Å². The third kappa shape index (κ3) is 6.84. The SMILES string of the molecule is CC(C)(C)c1cc(C(C)(C)C)c([PH+]=CCCCCBr)c(C(C)(C)C)c1. The molecule has 1 rings (SSSR count). The second-order valence-corrected chi connectivity index (χ2v) is 12.2. The molecule has 25 heavy (non-hydrogen) atoms. The lowest BCUT2D eigenvalue weighted by molar-refractivity contribution is 0.554. The minimum absolute atomic E-state index is 0.174. The van der Waals surface area contributed by atoms with Crippen LogP contribution < -0.4 is 5.30 Å². The molecule has 0 aliphatic heterocycles. The van der Waals surface area contributed by atoms with Crippen molar-refractivity contribution in [1.82, 2.24) is 0 Å². The Bertz CT molecular complexity index is 557. The van der Waals surface area contributed by atoms with E-state index in [0.717, 1.165) is 13.5 Å². The van der Waals surface area contributed by atoms with Crippen molar-refractivity contribution in [2.75, 3.05) is 5.33 Å². The van der Waals surface area contributed by atoms with Crippen LogP contribution in [0.15, 0.2) is 12.1 Å². The lowest BCUT2D eigenvalue weighted by Gasteiger charge is -2.30. The Balaban J connectivity index is 3.54. The van der Waals surface area contributed by atoms with E-state index in [1.807, 2.05) is 0 Å². The number of halogens is 1. The fraction of sp³-hybridized carbons (Fsp3) is 0.696. The molecule has 0 amide bonds. The number of benzene rings is 1. The summed E-state index contributed by atoms with van der Waals surface area (Å²) in [6.45, 7) is 21.2. The molecule has 1 aromatic carbocycles. The molecule has 0 bridgehead atoms. The van der Waals surface area contributed by atoms with Crippen LogP contribution in [0.25, 0.3) is 0 Å². The summed E-state index contributed by atoms with van der Waals surface area (Å²) in [5.41, 5.74) is 5.08. The molecule has 0 aliphatic carbocycles. The molecular weight excluding hydrogens is 387 g/mol. The maximum absolute atomic E-state index is 3.54. The number of hydrogen-bond donors (Lipinski definition) is 0. The van der Waals surface area contributed by atoms with Crippen molar-refractivity contribution < 1.29 is 0 Å². The Morgan fingerprint density at radius 2 is 1.28 bits per heavy atom. The van der Waals surface area contributed by atoms with Crippen LogP contribution >= 0.6 is 24.1 Å². The van der Waals surface area contributed by atoms with Gasteiger partial charge in [0.1, 0.15) is 8.20 Å². The zero-order valence-electron chi connectivity index (χ0n) is 17.9. The quantitative estimate of drug-likeness (QED) is 0.264. The van der Waals surface area contributed by atoms with Crippen LogP contribution in [-0.2, 0) is 16.2 Å². The number of hydrogen-bond acceptors (Lipinski definition) is 0. The first-order valence-corrected chi connectivity index (χ1v) is 11.8. The van der Waals surface area contributed by atoms with Crippen molar-refractivity contribution in [3.8, 4) is 0 Å². The van der Waals surface area contributed by atoms with E-state index in [1.165, 1.54) is 24.8 Å². The van der Waals surface area contributed by atoms with Crippen LogP contribution in [0.4, 0.5) is 0 Å². The van der Waals surface area contributed by atoms with Crippen molar-refractivity contribution in [3.05, 3.63) is 28.8 Å². The lowest BCUT2D eigenvalue weighted by atomic mass is 9.75. The first kappa shape index (κ1) is 22.9. The average molecular weight is 426 g/mol. The predicted molar refractivity (Wildman–Crippen MR) is 124 cm³/mol. The van der Waals surface area contributed by atoms with Gasteiger partial charge in [0.05, 0.1) is 5.80 Å². The molecule has 0 saturated carbocycles. The summed E-state index contributed by atoms with van der Waals surface area (Å²) in [5, 5.41) is 2.71. The number of unbranched alkanes of at least 4 members (excludes halogenated alkanes) is 2. The Morgan fingerprint density at radius 3 is 1.64 bits per heavy atom. The van der Waals surface area contributed by atoms with Gasteiger partial charge in [0.15, 0.2) is 5.30 Å². The third-order valence-electron chi connectivity index (χ3n) is 4.60.